The normalized spacial score (nSPS) is 10.9. The highest BCUT2D eigenvalue weighted by atomic mass is 35.5. The van der Waals surface area contributed by atoms with Gasteiger partial charge in [-0.1, -0.05) is 60.8 Å². The Bertz CT molecular complexity index is 928. The minimum absolute atomic E-state index is 0.581. The van der Waals surface area contributed by atoms with Crippen LogP contribution in [-0.2, 0) is 13.0 Å². The van der Waals surface area contributed by atoms with Crippen LogP contribution < -0.4 is 5.32 Å². The number of rotatable bonds is 7. The summed E-state index contributed by atoms with van der Waals surface area (Å²) in [6, 6.07) is 13.5. The summed E-state index contributed by atoms with van der Waals surface area (Å²) in [6.45, 7) is 3.03. The van der Waals surface area contributed by atoms with Gasteiger partial charge < -0.3 is 9.88 Å². The Morgan fingerprint density at radius 1 is 1.12 bits per heavy atom. The number of nitrogens with one attached hydrogen (secondary N) is 2. The lowest BCUT2D eigenvalue weighted by atomic mass is 10.1. The SMILES string of the molecule is CCCCn1c(Cc2ccccc2Nc2c(Cl)cccc2Cl)n[nH]c1=S. The Labute approximate surface area is 168 Å². The second-order valence-corrected chi connectivity index (χ2v) is 7.21. The fraction of sp³-hybridized carbons (Fsp3) is 0.263. The van der Waals surface area contributed by atoms with Crippen molar-refractivity contribution in [3.63, 3.8) is 0 Å². The fourth-order valence-corrected chi connectivity index (χ4v) is 3.48. The maximum Gasteiger partial charge on any atom is 0.195 e. The molecule has 4 nitrogen and oxygen atoms in total. The Balaban J connectivity index is 1.90. The van der Waals surface area contributed by atoms with E-state index >= 15 is 0 Å². The van der Waals surface area contributed by atoms with E-state index in [0.29, 0.717) is 26.9 Å². The number of benzene rings is 2. The van der Waals surface area contributed by atoms with E-state index in [0.717, 1.165) is 36.5 Å². The number of halogens is 2. The van der Waals surface area contributed by atoms with Gasteiger partial charge in [0.05, 0.1) is 15.7 Å². The second-order valence-electron chi connectivity index (χ2n) is 6.01. The fourth-order valence-electron chi connectivity index (χ4n) is 2.75. The molecule has 136 valence electrons. The first-order valence-electron chi connectivity index (χ1n) is 8.53. The van der Waals surface area contributed by atoms with Gasteiger partial charge in [0.15, 0.2) is 4.77 Å². The van der Waals surface area contributed by atoms with Crippen LogP contribution in [0.4, 0.5) is 11.4 Å². The predicted molar refractivity (Wildman–Crippen MR) is 111 cm³/mol. The number of hydrogen-bond donors (Lipinski definition) is 2. The summed E-state index contributed by atoms with van der Waals surface area (Å²) in [5.41, 5.74) is 2.74. The van der Waals surface area contributed by atoms with Crippen LogP contribution in [0.15, 0.2) is 42.5 Å². The zero-order valence-electron chi connectivity index (χ0n) is 14.4. The Kier molecular flexibility index (Phi) is 6.35. The van der Waals surface area contributed by atoms with E-state index in [9.17, 15) is 0 Å². The number of unbranched alkanes of at least 4 members (excludes halogenated alkanes) is 1. The average Bonchev–Trinajstić information content (AvgIpc) is 2.97. The van der Waals surface area contributed by atoms with Gasteiger partial charge in [0.2, 0.25) is 0 Å². The molecule has 0 saturated carbocycles. The largest absolute Gasteiger partial charge is 0.353 e. The Morgan fingerprint density at radius 3 is 2.58 bits per heavy atom. The predicted octanol–water partition coefficient (Wildman–Crippen LogP) is 6.38. The summed E-state index contributed by atoms with van der Waals surface area (Å²) >= 11 is 18.0. The van der Waals surface area contributed by atoms with Crippen LogP contribution >= 0.6 is 35.4 Å². The number of hydrogen-bond acceptors (Lipinski definition) is 3. The summed E-state index contributed by atoms with van der Waals surface area (Å²) in [4.78, 5) is 0. The van der Waals surface area contributed by atoms with E-state index < -0.39 is 0 Å². The van der Waals surface area contributed by atoms with Gasteiger partial charge in [-0.3, -0.25) is 5.10 Å². The summed E-state index contributed by atoms with van der Waals surface area (Å²) in [5, 5.41) is 11.8. The van der Waals surface area contributed by atoms with E-state index in [1.807, 2.05) is 36.4 Å². The van der Waals surface area contributed by atoms with Crippen molar-refractivity contribution in [1.29, 1.82) is 0 Å². The molecule has 0 bridgehead atoms. The molecule has 3 aromatic rings. The molecule has 0 saturated heterocycles. The van der Waals surface area contributed by atoms with Crippen LogP contribution in [-0.4, -0.2) is 14.8 Å². The van der Waals surface area contributed by atoms with E-state index in [4.69, 9.17) is 35.4 Å². The zero-order valence-corrected chi connectivity index (χ0v) is 16.8. The van der Waals surface area contributed by atoms with E-state index in [-0.39, 0.29) is 0 Å². The maximum atomic E-state index is 6.30. The van der Waals surface area contributed by atoms with Crippen LogP contribution in [0.1, 0.15) is 31.2 Å². The number of anilines is 2. The minimum Gasteiger partial charge on any atom is -0.353 e. The quantitative estimate of drug-likeness (QED) is 0.447. The number of nitrogens with zero attached hydrogens (tertiary/aromatic N) is 2. The van der Waals surface area contributed by atoms with E-state index in [1.165, 1.54) is 0 Å². The van der Waals surface area contributed by atoms with Crippen molar-refractivity contribution in [2.75, 3.05) is 5.32 Å². The second kappa shape index (κ2) is 8.71. The van der Waals surface area contributed by atoms with Gasteiger partial charge in [0.25, 0.3) is 0 Å². The molecule has 0 atom stereocenters. The number of H-pyrrole nitrogens is 1. The van der Waals surface area contributed by atoms with Crippen molar-refractivity contribution in [2.45, 2.75) is 32.7 Å². The smallest absolute Gasteiger partial charge is 0.195 e. The van der Waals surface area contributed by atoms with Crippen LogP contribution in [0.3, 0.4) is 0 Å². The standard InChI is InChI=1S/C19H20Cl2N4S/c1-2-3-11-25-17(23-24-19(25)26)12-13-7-4-5-10-16(13)22-18-14(20)8-6-9-15(18)21/h4-10,22H,2-3,11-12H2,1H3,(H,24,26). The molecule has 7 heteroatoms. The molecule has 0 radical (unpaired) electrons. The topological polar surface area (TPSA) is 45.6 Å². The highest BCUT2D eigenvalue weighted by molar-refractivity contribution is 7.71. The third kappa shape index (κ3) is 4.29. The van der Waals surface area contributed by atoms with E-state index in [1.54, 1.807) is 0 Å². The monoisotopic (exact) mass is 406 g/mol. The molecule has 1 aromatic heterocycles. The molecule has 2 N–H and O–H groups in total. The summed E-state index contributed by atoms with van der Waals surface area (Å²) < 4.78 is 2.73. The molecular weight excluding hydrogens is 387 g/mol. The van der Waals surface area contributed by atoms with Crippen LogP contribution in [0.25, 0.3) is 0 Å². The lowest BCUT2D eigenvalue weighted by molar-refractivity contribution is 0.603. The van der Waals surface area contributed by atoms with Gasteiger partial charge in [0.1, 0.15) is 5.82 Å². The highest BCUT2D eigenvalue weighted by Gasteiger charge is 2.12. The molecule has 3 rings (SSSR count). The van der Waals surface area contributed by atoms with Gasteiger partial charge in [0, 0.05) is 18.7 Å². The summed E-state index contributed by atoms with van der Waals surface area (Å²) in [5.74, 6) is 0.919. The molecule has 0 aliphatic heterocycles. The maximum absolute atomic E-state index is 6.30. The third-order valence-electron chi connectivity index (χ3n) is 4.16. The Hall–Kier alpha value is -1.82. The van der Waals surface area contributed by atoms with Crippen molar-refractivity contribution in [2.24, 2.45) is 0 Å². The van der Waals surface area contributed by atoms with Crippen LogP contribution in [0.2, 0.25) is 10.0 Å². The lowest BCUT2D eigenvalue weighted by Crippen LogP contribution is -2.06. The third-order valence-corrected chi connectivity index (χ3v) is 5.10. The number of para-hydroxylation sites is 2. The van der Waals surface area contributed by atoms with Gasteiger partial charge in [-0.2, -0.15) is 5.10 Å². The molecule has 2 aromatic carbocycles. The van der Waals surface area contributed by atoms with Gasteiger partial charge in [-0.15, -0.1) is 0 Å². The molecular formula is C19H20Cl2N4S. The zero-order chi connectivity index (χ0) is 18.5. The van der Waals surface area contributed by atoms with Crippen LogP contribution in [0.5, 0.6) is 0 Å². The molecule has 0 aliphatic carbocycles. The minimum atomic E-state index is 0.581. The molecule has 0 unspecified atom stereocenters. The first-order valence-corrected chi connectivity index (χ1v) is 9.69. The number of aromatic amines is 1. The van der Waals surface area contributed by atoms with Crippen molar-refractivity contribution >= 4 is 46.8 Å². The van der Waals surface area contributed by atoms with E-state index in [2.05, 4.69) is 33.1 Å². The van der Waals surface area contributed by atoms with Crippen LogP contribution in [0, 0.1) is 4.77 Å². The first kappa shape index (κ1) is 19.0. The molecule has 26 heavy (non-hydrogen) atoms. The molecule has 0 amide bonds. The average molecular weight is 407 g/mol. The van der Waals surface area contributed by atoms with Crippen molar-refractivity contribution in [3.8, 4) is 0 Å². The van der Waals surface area contributed by atoms with Gasteiger partial charge in [-0.25, -0.2) is 0 Å². The van der Waals surface area contributed by atoms with Gasteiger partial charge >= 0.3 is 0 Å². The first-order chi connectivity index (χ1) is 12.6. The van der Waals surface area contributed by atoms with Crippen molar-refractivity contribution in [1.82, 2.24) is 14.8 Å². The highest BCUT2D eigenvalue weighted by Crippen LogP contribution is 2.33. The van der Waals surface area contributed by atoms with Crippen molar-refractivity contribution in [3.05, 3.63) is 68.7 Å². The summed E-state index contributed by atoms with van der Waals surface area (Å²) in [7, 11) is 0. The molecule has 0 aliphatic rings. The molecule has 0 fully saturated rings. The number of aromatic nitrogens is 3. The molecule has 1 heterocycles. The van der Waals surface area contributed by atoms with Gasteiger partial charge in [-0.05, 0) is 42.4 Å². The Morgan fingerprint density at radius 2 is 1.85 bits per heavy atom. The molecule has 0 spiro atoms. The lowest BCUT2D eigenvalue weighted by Gasteiger charge is -2.14. The van der Waals surface area contributed by atoms with Crippen molar-refractivity contribution < 1.29 is 0 Å². The summed E-state index contributed by atoms with van der Waals surface area (Å²) in [6.07, 6.45) is 2.83.